The zero-order valence-electron chi connectivity index (χ0n) is 7.96. The van der Waals surface area contributed by atoms with Gasteiger partial charge in [-0.05, 0) is 40.8 Å². The molecule has 14 heavy (non-hydrogen) atoms. The van der Waals surface area contributed by atoms with E-state index in [0.717, 1.165) is 12.1 Å². The normalized spacial score (nSPS) is 12.4. The van der Waals surface area contributed by atoms with Gasteiger partial charge in [-0.2, -0.15) is 0 Å². The molecule has 1 nitrogen and oxygen atoms in total. The highest BCUT2D eigenvalue weighted by atomic mass is 14.5. The molecule has 0 spiro atoms. The Hall–Kier alpha value is -1.60. The predicted molar refractivity (Wildman–Crippen MR) is 57.2 cm³/mol. The molecule has 1 aliphatic carbocycles. The number of hydrogen-bond donors (Lipinski definition) is 1. The summed E-state index contributed by atoms with van der Waals surface area (Å²) in [5, 5.41) is 0. The van der Waals surface area contributed by atoms with Crippen LogP contribution in [0.1, 0.15) is 11.1 Å². The number of rotatable bonds is 0. The topological polar surface area (TPSA) is 27.6 Å². The Morgan fingerprint density at radius 3 is 2.57 bits per heavy atom. The second-order valence-electron chi connectivity index (χ2n) is 3.83. The van der Waals surface area contributed by atoms with Crippen LogP contribution in [0.5, 0.6) is 0 Å². The van der Waals surface area contributed by atoms with Crippen LogP contribution in [0.3, 0.4) is 0 Å². The SMILES string of the molecule is [NH3+]c1ccc2c(c1)Cc1ccccc1-2. The van der Waals surface area contributed by atoms with Crippen LogP contribution < -0.4 is 5.73 Å². The minimum absolute atomic E-state index is 1.06. The van der Waals surface area contributed by atoms with E-state index in [9.17, 15) is 0 Å². The van der Waals surface area contributed by atoms with Crippen molar-refractivity contribution in [1.29, 1.82) is 0 Å². The Morgan fingerprint density at radius 2 is 1.64 bits per heavy atom. The van der Waals surface area contributed by atoms with Crippen LogP contribution in [0, 0.1) is 0 Å². The maximum absolute atomic E-state index is 3.96. The fourth-order valence-corrected chi connectivity index (χ4v) is 2.20. The van der Waals surface area contributed by atoms with Crippen molar-refractivity contribution in [3.05, 3.63) is 53.6 Å². The van der Waals surface area contributed by atoms with Crippen molar-refractivity contribution >= 4 is 5.69 Å². The van der Waals surface area contributed by atoms with Crippen molar-refractivity contribution in [1.82, 2.24) is 0 Å². The first-order valence-corrected chi connectivity index (χ1v) is 4.88. The highest BCUT2D eigenvalue weighted by Gasteiger charge is 2.17. The Kier molecular flexibility index (Phi) is 1.49. The van der Waals surface area contributed by atoms with Gasteiger partial charge in [-0.3, -0.25) is 0 Å². The lowest BCUT2D eigenvalue weighted by Gasteiger charge is -1.99. The van der Waals surface area contributed by atoms with E-state index in [4.69, 9.17) is 0 Å². The lowest BCUT2D eigenvalue weighted by molar-refractivity contribution is -0.254. The quantitative estimate of drug-likeness (QED) is 0.551. The predicted octanol–water partition coefficient (Wildman–Crippen LogP) is 2.13. The van der Waals surface area contributed by atoms with Gasteiger partial charge in [-0.15, -0.1) is 0 Å². The van der Waals surface area contributed by atoms with Crippen LogP contribution in [0.2, 0.25) is 0 Å². The first-order valence-electron chi connectivity index (χ1n) is 4.88. The summed E-state index contributed by atoms with van der Waals surface area (Å²) in [4.78, 5) is 0. The molecule has 2 aromatic carbocycles. The van der Waals surface area contributed by atoms with Gasteiger partial charge in [0.2, 0.25) is 0 Å². The Bertz CT molecular complexity index is 500. The Balaban J connectivity index is 2.27. The molecule has 0 unspecified atom stereocenters. The first kappa shape index (κ1) is 7.77. The smallest absolute Gasteiger partial charge is 0.128 e. The van der Waals surface area contributed by atoms with Crippen molar-refractivity contribution in [2.75, 3.05) is 0 Å². The third-order valence-corrected chi connectivity index (χ3v) is 2.86. The molecule has 0 fully saturated rings. The van der Waals surface area contributed by atoms with E-state index in [1.165, 1.54) is 22.3 Å². The van der Waals surface area contributed by atoms with E-state index in [-0.39, 0.29) is 0 Å². The molecule has 0 aromatic heterocycles. The van der Waals surface area contributed by atoms with Gasteiger partial charge >= 0.3 is 0 Å². The average Bonchev–Trinajstić information content (AvgIpc) is 2.54. The van der Waals surface area contributed by atoms with Gasteiger partial charge in [-0.1, -0.05) is 24.3 Å². The van der Waals surface area contributed by atoms with Gasteiger partial charge in [-0.25, -0.2) is 0 Å². The monoisotopic (exact) mass is 182 g/mol. The molecule has 1 aliphatic rings. The van der Waals surface area contributed by atoms with Crippen LogP contribution >= 0.6 is 0 Å². The summed E-state index contributed by atoms with van der Waals surface area (Å²) in [6.07, 6.45) is 1.06. The largest absolute Gasteiger partial charge is 0.325 e. The van der Waals surface area contributed by atoms with Gasteiger partial charge in [0, 0.05) is 6.07 Å². The molecule has 0 saturated carbocycles. The lowest BCUT2D eigenvalue weighted by atomic mass is 10.1. The molecule has 3 rings (SSSR count). The van der Waals surface area contributed by atoms with E-state index < -0.39 is 0 Å². The summed E-state index contributed by atoms with van der Waals surface area (Å²) in [7, 11) is 0. The number of benzene rings is 2. The maximum atomic E-state index is 3.96. The molecule has 0 bridgehead atoms. The summed E-state index contributed by atoms with van der Waals surface area (Å²) in [5.41, 5.74) is 10.7. The zero-order valence-corrected chi connectivity index (χ0v) is 7.96. The van der Waals surface area contributed by atoms with Crippen molar-refractivity contribution < 1.29 is 5.73 Å². The molecule has 2 aromatic rings. The van der Waals surface area contributed by atoms with Crippen LogP contribution in [0.15, 0.2) is 42.5 Å². The average molecular weight is 182 g/mol. The first-order chi connectivity index (χ1) is 6.84. The highest BCUT2D eigenvalue weighted by molar-refractivity contribution is 5.77. The van der Waals surface area contributed by atoms with Crippen molar-refractivity contribution in [2.45, 2.75) is 6.42 Å². The number of fused-ring (bicyclic) bond motifs is 3. The minimum Gasteiger partial charge on any atom is -0.325 e. The lowest BCUT2D eigenvalue weighted by Crippen LogP contribution is -2.40. The molecule has 0 radical (unpaired) electrons. The Labute approximate surface area is 83.2 Å². The van der Waals surface area contributed by atoms with Gasteiger partial charge in [0.25, 0.3) is 0 Å². The van der Waals surface area contributed by atoms with Crippen LogP contribution in [-0.2, 0) is 6.42 Å². The second kappa shape index (κ2) is 2.69. The second-order valence-corrected chi connectivity index (χ2v) is 3.83. The van der Waals surface area contributed by atoms with Crippen molar-refractivity contribution in [3.63, 3.8) is 0 Å². The molecule has 0 amide bonds. The fraction of sp³-hybridized carbons (Fsp3) is 0.0769. The highest BCUT2D eigenvalue weighted by Crippen LogP contribution is 2.36. The van der Waals surface area contributed by atoms with E-state index >= 15 is 0 Å². The van der Waals surface area contributed by atoms with E-state index in [1.807, 2.05) is 0 Å². The maximum Gasteiger partial charge on any atom is 0.128 e. The molecule has 0 aliphatic heterocycles. The number of hydrogen-bond acceptors (Lipinski definition) is 0. The molecule has 68 valence electrons. The Morgan fingerprint density at radius 1 is 0.857 bits per heavy atom. The van der Waals surface area contributed by atoms with E-state index in [2.05, 4.69) is 48.2 Å². The third-order valence-electron chi connectivity index (χ3n) is 2.86. The fourth-order valence-electron chi connectivity index (χ4n) is 2.20. The molecular weight excluding hydrogens is 170 g/mol. The molecule has 1 heteroatoms. The number of quaternary nitrogens is 1. The molecule has 0 atom stereocenters. The summed E-state index contributed by atoms with van der Waals surface area (Å²) in [5.74, 6) is 0. The molecule has 0 saturated heterocycles. The van der Waals surface area contributed by atoms with Gasteiger partial charge < -0.3 is 5.73 Å². The molecule has 3 N–H and O–H groups in total. The summed E-state index contributed by atoms with van der Waals surface area (Å²) >= 11 is 0. The zero-order chi connectivity index (χ0) is 9.54. The molecule has 0 heterocycles. The van der Waals surface area contributed by atoms with E-state index in [1.54, 1.807) is 0 Å². The molecular formula is C13H12N+. The third kappa shape index (κ3) is 0.994. The van der Waals surface area contributed by atoms with Crippen LogP contribution in [0.4, 0.5) is 5.69 Å². The van der Waals surface area contributed by atoms with Crippen molar-refractivity contribution in [3.8, 4) is 11.1 Å². The van der Waals surface area contributed by atoms with Gasteiger partial charge in [0.15, 0.2) is 0 Å². The standard InChI is InChI=1S/C13H11N/c14-11-5-6-13-10(8-11)7-9-3-1-2-4-12(9)13/h1-6,8H,7,14H2/p+1. The summed E-state index contributed by atoms with van der Waals surface area (Å²) in [6, 6.07) is 15.1. The van der Waals surface area contributed by atoms with Crippen LogP contribution in [0.25, 0.3) is 11.1 Å². The van der Waals surface area contributed by atoms with Crippen LogP contribution in [-0.4, -0.2) is 0 Å². The van der Waals surface area contributed by atoms with E-state index in [0.29, 0.717) is 0 Å². The summed E-state index contributed by atoms with van der Waals surface area (Å²) in [6.45, 7) is 0. The van der Waals surface area contributed by atoms with Gasteiger partial charge in [0.05, 0.1) is 0 Å². The van der Waals surface area contributed by atoms with Crippen molar-refractivity contribution in [2.24, 2.45) is 0 Å². The minimum atomic E-state index is 1.06. The summed E-state index contributed by atoms with van der Waals surface area (Å²) < 4.78 is 0. The van der Waals surface area contributed by atoms with Gasteiger partial charge in [0.1, 0.15) is 5.69 Å².